The van der Waals surface area contributed by atoms with Crippen LogP contribution in [-0.4, -0.2) is 39.2 Å². The molecular formula is C12H16ClN3O3S. The minimum Gasteiger partial charge on any atom is -0.481 e. The van der Waals surface area contributed by atoms with Crippen molar-refractivity contribution in [3.05, 3.63) is 16.9 Å². The van der Waals surface area contributed by atoms with Crippen LogP contribution < -0.4 is 5.32 Å². The number of nitrogens with one attached hydrogen (secondary N) is 1. The van der Waals surface area contributed by atoms with Crippen LogP contribution in [0.1, 0.15) is 36.7 Å². The predicted molar refractivity (Wildman–Crippen MR) is 77.2 cm³/mol. The number of carbonyl (C=O) groups excluding carboxylic acids is 1. The summed E-state index contributed by atoms with van der Waals surface area (Å²) < 4.78 is 0. The smallest absolute Gasteiger partial charge is 0.303 e. The van der Waals surface area contributed by atoms with Gasteiger partial charge in [-0.3, -0.25) is 9.59 Å². The molecule has 0 aliphatic heterocycles. The molecule has 110 valence electrons. The molecule has 20 heavy (non-hydrogen) atoms. The first-order valence-electron chi connectivity index (χ1n) is 6.03. The van der Waals surface area contributed by atoms with Crippen LogP contribution in [0.15, 0.2) is 11.4 Å². The maximum atomic E-state index is 12.0. The minimum atomic E-state index is -0.841. The number of aromatic nitrogens is 2. The molecule has 1 amide bonds. The molecule has 0 aliphatic carbocycles. The summed E-state index contributed by atoms with van der Waals surface area (Å²) in [5, 5.41) is 12.0. The van der Waals surface area contributed by atoms with E-state index in [1.165, 1.54) is 18.0 Å². The minimum absolute atomic E-state index is 0.0884. The van der Waals surface area contributed by atoms with Gasteiger partial charge in [0.15, 0.2) is 10.9 Å². The van der Waals surface area contributed by atoms with Crippen LogP contribution in [0.4, 0.5) is 0 Å². The molecule has 0 saturated carbocycles. The molecule has 2 N–H and O–H groups in total. The zero-order valence-electron chi connectivity index (χ0n) is 11.2. The monoisotopic (exact) mass is 317 g/mol. The Hall–Kier alpha value is -1.34. The van der Waals surface area contributed by atoms with E-state index in [4.69, 9.17) is 16.7 Å². The third kappa shape index (κ3) is 5.34. The average molecular weight is 318 g/mol. The van der Waals surface area contributed by atoms with Crippen LogP contribution >= 0.6 is 23.4 Å². The largest absolute Gasteiger partial charge is 0.481 e. The van der Waals surface area contributed by atoms with Crippen LogP contribution in [0.5, 0.6) is 0 Å². The van der Waals surface area contributed by atoms with Crippen LogP contribution in [0.2, 0.25) is 5.02 Å². The molecule has 0 bridgehead atoms. The Kier molecular flexibility index (Phi) is 6.74. The number of halogens is 1. The van der Waals surface area contributed by atoms with E-state index in [0.717, 1.165) is 0 Å². The SMILES string of the molecule is CSc1ncc(Cl)c(C(=O)NC(C)CCCC(=O)O)n1. The van der Waals surface area contributed by atoms with Crippen molar-refractivity contribution >= 4 is 35.2 Å². The van der Waals surface area contributed by atoms with Gasteiger partial charge in [0.25, 0.3) is 5.91 Å². The van der Waals surface area contributed by atoms with Crippen molar-refractivity contribution in [3.63, 3.8) is 0 Å². The summed E-state index contributed by atoms with van der Waals surface area (Å²) in [5.41, 5.74) is 0.135. The van der Waals surface area contributed by atoms with E-state index in [0.29, 0.717) is 18.0 Å². The van der Waals surface area contributed by atoms with Crippen molar-refractivity contribution in [2.45, 2.75) is 37.4 Å². The van der Waals surface area contributed by atoms with E-state index in [1.54, 1.807) is 6.26 Å². The van der Waals surface area contributed by atoms with Gasteiger partial charge in [-0.25, -0.2) is 9.97 Å². The molecule has 1 heterocycles. The highest BCUT2D eigenvalue weighted by Crippen LogP contribution is 2.16. The maximum absolute atomic E-state index is 12.0. The second-order valence-corrected chi connectivity index (χ2v) is 5.39. The highest BCUT2D eigenvalue weighted by Gasteiger charge is 2.16. The van der Waals surface area contributed by atoms with E-state index in [9.17, 15) is 9.59 Å². The van der Waals surface area contributed by atoms with E-state index in [-0.39, 0.29) is 29.1 Å². The van der Waals surface area contributed by atoms with Gasteiger partial charge in [-0.2, -0.15) is 0 Å². The van der Waals surface area contributed by atoms with Gasteiger partial charge in [0, 0.05) is 12.5 Å². The van der Waals surface area contributed by atoms with Gasteiger partial charge in [0.1, 0.15) is 0 Å². The zero-order valence-corrected chi connectivity index (χ0v) is 12.8. The molecule has 0 spiro atoms. The van der Waals surface area contributed by atoms with Crippen molar-refractivity contribution in [3.8, 4) is 0 Å². The molecule has 0 aromatic carbocycles. The average Bonchev–Trinajstić information content (AvgIpc) is 2.38. The van der Waals surface area contributed by atoms with Gasteiger partial charge in [-0.1, -0.05) is 23.4 Å². The van der Waals surface area contributed by atoms with Crippen molar-refractivity contribution in [1.82, 2.24) is 15.3 Å². The van der Waals surface area contributed by atoms with Crippen molar-refractivity contribution in [1.29, 1.82) is 0 Å². The lowest BCUT2D eigenvalue weighted by atomic mass is 10.1. The molecule has 1 unspecified atom stereocenters. The Labute approximate surface area is 126 Å². The predicted octanol–water partition coefficient (Wildman–Crippen LogP) is 2.23. The van der Waals surface area contributed by atoms with E-state index in [1.807, 2.05) is 6.92 Å². The number of aliphatic carboxylic acids is 1. The number of carboxylic acid groups (broad SMARTS) is 1. The Bertz CT molecular complexity index is 499. The molecule has 8 heteroatoms. The molecular weight excluding hydrogens is 302 g/mol. The molecule has 1 aromatic rings. The van der Waals surface area contributed by atoms with Gasteiger partial charge in [-0.15, -0.1) is 0 Å². The van der Waals surface area contributed by atoms with Gasteiger partial charge in [0.05, 0.1) is 11.2 Å². The van der Waals surface area contributed by atoms with Gasteiger partial charge >= 0.3 is 5.97 Å². The third-order valence-electron chi connectivity index (χ3n) is 2.52. The summed E-state index contributed by atoms with van der Waals surface area (Å²) in [4.78, 5) is 30.5. The number of carbonyl (C=O) groups is 2. The number of rotatable bonds is 7. The van der Waals surface area contributed by atoms with E-state index in [2.05, 4.69) is 15.3 Å². The fraction of sp³-hybridized carbons (Fsp3) is 0.500. The van der Waals surface area contributed by atoms with Gasteiger partial charge < -0.3 is 10.4 Å². The fourth-order valence-corrected chi connectivity index (χ4v) is 2.05. The second kappa shape index (κ2) is 8.06. The van der Waals surface area contributed by atoms with E-state index >= 15 is 0 Å². The first-order valence-corrected chi connectivity index (χ1v) is 7.63. The lowest BCUT2D eigenvalue weighted by molar-refractivity contribution is -0.137. The summed E-state index contributed by atoms with van der Waals surface area (Å²) >= 11 is 7.22. The molecule has 0 fully saturated rings. The van der Waals surface area contributed by atoms with Crippen LogP contribution in [0.3, 0.4) is 0 Å². The first kappa shape index (κ1) is 16.7. The molecule has 0 radical (unpaired) electrons. The topological polar surface area (TPSA) is 92.2 Å². The lowest BCUT2D eigenvalue weighted by Crippen LogP contribution is -2.33. The molecule has 1 aromatic heterocycles. The second-order valence-electron chi connectivity index (χ2n) is 4.21. The first-order chi connectivity index (χ1) is 9.43. The summed E-state index contributed by atoms with van der Waals surface area (Å²) in [6.07, 6.45) is 4.37. The summed E-state index contributed by atoms with van der Waals surface area (Å²) in [7, 11) is 0. The van der Waals surface area contributed by atoms with E-state index < -0.39 is 5.97 Å². The van der Waals surface area contributed by atoms with Gasteiger partial charge in [-0.05, 0) is 26.0 Å². The summed E-state index contributed by atoms with van der Waals surface area (Å²) in [6, 6.07) is -0.148. The van der Waals surface area contributed by atoms with Gasteiger partial charge in [0.2, 0.25) is 0 Å². The molecule has 1 rings (SSSR count). The zero-order chi connectivity index (χ0) is 15.1. The molecule has 1 atom stereocenters. The molecule has 6 nitrogen and oxygen atoms in total. The Balaban J connectivity index is 2.59. The van der Waals surface area contributed by atoms with Crippen LogP contribution in [-0.2, 0) is 4.79 Å². The Morgan fingerprint density at radius 3 is 2.85 bits per heavy atom. The van der Waals surface area contributed by atoms with Crippen molar-refractivity contribution < 1.29 is 14.7 Å². The molecule has 0 aliphatic rings. The van der Waals surface area contributed by atoms with Crippen molar-refractivity contribution in [2.24, 2.45) is 0 Å². The number of hydrogen-bond acceptors (Lipinski definition) is 5. The molecule has 0 saturated heterocycles. The fourth-order valence-electron chi connectivity index (χ4n) is 1.53. The summed E-state index contributed by atoms with van der Waals surface area (Å²) in [5.74, 6) is -1.22. The number of amides is 1. The Morgan fingerprint density at radius 1 is 1.55 bits per heavy atom. The van der Waals surface area contributed by atoms with Crippen LogP contribution in [0, 0.1) is 0 Å². The normalized spacial score (nSPS) is 11.9. The highest BCUT2D eigenvalue weighted by atomic mass is 35.5. The number of carboxylic acids is 1. The maximum Gasteiger partial charge on any atom is 0.303 e. The number of nitrogens with zero attached hydrogens (tertiary/aromatic N) is 2. The lowest BCUT2D eigenvalue weighted by Gasteiger charge is -2.13. The third-order valence-corrected chi connectivity index (χ3v) is 3.36. The highest BCUT2D eigenvalue weighted by molar-refractivity contribution is 7.98. The number of thioether (sulfide) groups is 1. The summed E-state index contributed by atoms with van der Waals surface area (Å²) in [6.45, 7) is 1.81. The Morgan fingerprint density at radius 2 is 2.25 bits per heavy atom. The number of hydrogen-bond donors (Lipinski definition) is 2. The standard InChI is InChI=1S/C12H16ClN3O3S/c1-7(4-3-5-9(17)18)15-11(19)10-8(13)6-14-12(16-10)20-2/h6-7H,3-5H2,1-2H3,(H,15,19)(H,17,18). The quantitative estimate of drug-likeness (QED) is 0.592. The van der Waals surface area contributed by atoms with Crippen LogP contribution in [0.25, 0.3) is 0 Å². The van der Waals surface area contributed by atoms with Crippen molar-refractivity contribution in [2.75, 3.05) is 6.26 Å².